The summed E-state index contributed by atoms with van der Waals surface area (Å²) in [6.45, 7) is 6.72. The summed E-state index contributed by atoms with van der Waals surface area (Å²) in [6.07, 6.45) is 1.23. The van der Waals surface area contributed by atoms with Gasteiger partial charge in [-0.2, -0.15) is 0 Å². The smallest absolute Gasteiger partial charge is 0.133 e. The van der Waals surface area contributed by atoms with Gasteiger partial charge in [0.15, 0.2) is 0 Å². The van der Waals surface area contributed by atoms with Crippen molar-refractivity contribution in [3.05, 3.63) is 24.3 Å². The van der Waals surface area contributed by atoms with Gasteiger partial charge in [-0.05, 0) is 25.1 Å². The van der Waals surface area contributed by atoms with Crippen LogP contribution in [0, 0.1) is 0 Å². The van der Waals surface area contributed by atoms with Crippen molar-refractivity contribution in [3.8, 4) is 5.75 Å². The fraction of sp³-hybridized carbons (Fsp3) is 0.600. The van der Waals surface area contributed by atoms with Crippen LogP contribution in [0.2, 0.25) is 0 Å². The zero-order chi connectivity index (χ0) is 13.5. The van der Waals surface area contributed by atoms with Crippen molar-refractivity contribution < 1.29 is 9.47 Å². The molecule has 2 unspecified atom stereocenters. The van der Waals surface area contributed by atoms with Gasteiger partial charge in [0.25, 0.3) is 0 Å². The number of nitrogens with one attached hydrogen (secondary N) is 1. The lowest BCUT2D eigenvalue weighted by atomic mass is 10.2. The molecule has 1 N–H and O–H groups in total. The van der Waals surface area contributed by atoms with Gasteiger partial charge < -0.3 is 14.8 Å². The number of hydrogen-bond donors (Lipinski definition) is 1. The molecule has 1 heterocycles. The van der Waals surface area contributed by atoms with Crippen molar-refractivity contribution in [3.63, 3.8) is 0 Å². The van der Waals surface area contributed by atoms with Crippen LogP contribution >= 0.6 is 11.8 Å². The molecule has 0 aromatic heterocycles. The quantitative estimate of drug-likeness (QED) is 0.778. The van der Waals surface area contributed by atoms with E-state index in [2.05, 4.69) is 31.3 Å². The van der Waals surface area contributed by atoms with Crippen molar-refractivity contribution in [2.45, 2.75) is 37.3 Å². The third-order valence-corrected chi connectivity index (χ3v) is 4.24. The van der Waals surface area contributed by atoms with Crippen molar-refractivity contribution in [2.24, 2.45) is 0 Å². The van der Waals surface area contributed by atoms with Gasteiger partial charge in [-0.1, -0.05) is 26.0 Å². The molecular formula is C15H23NO2S. The van der Waals surface area contributed by atoms with Gasteiger partial charge in [-0.15, -0.1) is 11.8 Å². The molecule has 3 nitrogen and oxygen atoms in total. The Balaban J connectivity index is 1.95. The fourth-order valence-corrected chi connectivity index (χ4v) is 3.23. The first-order valence-corrected chi connectivity index (χ1v) is 8.03. The second kappa shape index (κ2) is 7.78. The zero-order valence-corrected chi connectivity index (χ0v) is 12.5. The zero-order valence-electron chi connectivity index (χ0n) is 11.7. The standard InChI is InChI=1S/C15H23NO2S/c1-3-9-17-10-12(16-4-2)14-11-19-15-8-6-5-7-13(15)18-14/h5-8,12,14,16H,3-4,9-11H2,1-2H3. The van der Waals surface area contributed by atoms with E-state index in [-0.39, 0.29) is 12.1 Å². The molecule has 1 aromatic carbocycles. The monoisotopic (exact) mass is 281 g/mol. The third-order valence-electron chi connectivity index (χ3n) is 3.09. The molecule has 0 spiro atoms. The van der Waals surface area contributed by atoms with Gasteiger partial charge in [-0.25, -0.2) is 0 Å². The van der Waals surface area contributed by atoms with Crippen LogP contribution in [-0.4, -0.2) is 37.7 Å². The Morgan fingerprint density at radius 3 is 3.05 bits per heavy atom. The average Bonchev–Trinajstić information content (AvgIpc) is 2.46. The van der Waals surface area contributed by atoms with Crippen LogP contribution in [0.25, 0.3) is 0 Å². The predicted octanol–water partition coefficient (Wildman–Crippen LogP) is 2.94. The van der Waals surface area contributed by atoms with Crippen LogP contribution in [-0.2, 0) is 4.74 Å². The van der Waals surface area contributed by atoms with Crippen LogP contribution < -0.4 is 10.1 Å². The Bertz CT molecular complexity index is 386. The lowest BCUT2D eigenvalue weighted by molar-refractivity contribution is 0.0661. The van der Waals surface area contributed by atoms with Crippen LogP contribution in [0.5, 0.6) is 5.75 Å². The third kappa shape index (κ3) is 4.13. The first kappa shape index (κ1) is 14.7. The summed E-state index contributed by atoms with van der Waals surface area (Å²) in [5.74, 6) is 1.98. The van der Waals surface area contributed by atoms with Crippen LogP contribution in [0.1, 0.15) is 20.3 Å². The summed E-state index contributed by atoms with van der Waals surface area (Å²) in [5.41, 5.74) is 0. The number of thioether (sulfide) groups is 1. The maximum atomic E-state index is 6.11. The predicted molar refractivity (Wildman–Crippen MR) is 80.2 cm³/mol. The van der Waals surface area contributed by atoms with E-state index in [1.54, 1.807) is 0 Å². The molecule has 0 aliphatic carbocycles. The number of para-hydroxylation sites is 1. The van der Waals surface area contributed by atoms with Crippen molar-refractivity contribution in [1.29, 1.82) is 0 Å². The van der Waals surface area contributed by atoms with Gasteiger partial charge >= 0.3 is 0 Å². The summed E-state index contributed by atoms with van der Waals surface area (Å²) >= 11 is 1.87. The highest BCUT2D eigenvalue weighted by Crippen LogP contribution is 2.35. The maximum absolute atomic E-state index is 6.11. The molecule has 106 valence electrons. The molecule has 4 heteroatoms. The SMILES string of the molecule is CCCOCC(NCC)C1CSc2ccccc2O1. The van der Waals surface area contributed by atoms with E-state index < -0.39 is 0 Å². The van der Waals surface area contributed by atoms with Crippen LogP contribution in [0.3, 0.4) is 0 Å². The average molecular weight is 281 g/mol. The number of ether oxygens (including phenoxy) is 2. The second-order valence-electron chi connectivity index (χ2n) is 4.65. The highest BCUT2D eigenvalue weighted by atomic mass is 32.2. The van der Waals surface area contributed by atoms with Gasteiger partial charge in [-0.3, -0.25) is 0 Å². The van der Waals surface area contributed by atoms with Gasteiger partial charge in [0, 0.05) is 17.3 Å². The van der Waals surface area contributed by atoms with Crippen molar-refractivity contribution in [2.75, 3.05) is 25.5 Å². The molecule has 0 radical (unpaired) electrons. The molecule has 2 atom stereocenters. The van der Waals surface area contributed by atoms with E-state index in [0.29, 0.717) is 0 Å². The Hall–Kier alpha value is -0.710. The highest BCUT2D eigenvalue weighted by molar-refractivity contribution is 7.99. The fourth-order valence-electron chi connectivity index (χ4n) is 2.15. The van der Waals surface area contributed by atoms with Crippen LogP contribution in [0.15, 0.2) is 29.2 Å². The Morgan fingerprint density at radius 2 is 2.26 bits per heavy atom. The summed E-state index contributed by atoms with van der Waals surface area (Å²) < 4.78 is 11.8. The van der Waals surface area contributed by atoms with E-state index in [9.17, 15) is 0 Å². The molecule has 19 heavy (non-hydrogen) atoms. The summed E-state index contributed by atoms with van der Waals surface area (Å²) in [4.78, 5) is 1.24. The van der Waals surface area contributed by atoms with Gasteiger partial charge in [0.2, 0.25) is 0 Å². The molecule has 2 rings (SSSR count). The molecule has 0 bridgehead atoms. The minimum Gasteiger partial charge on any atom is -0.487 e. The van der Waals surface area contributed by atoms with Crippen molar-refractivity contribution >= 4 is 11.8 Å². The number of rotatable bonds is 7. The van der Waals surface area contributed by atoms with Gasteiger partial charge in [0.1, 0.15) is 11.9 Å². The molecule has 0 saturated heterocycles. The molecule has 0 amide bonds. The normalized spacial score (nSPS) is 19.6. The lowest BCUT2D eigenvalue weighted by Crippen LogP contribution is -2.48. The number of likely N-dealkylation sites (N-methyl/N-ethyl adjacent to an activating group) is 1. The summed E-state index contributed by atoms with van der Waals surface area (Å²) in [7, 11) is 0. The minimum absolute atomic E-state index is 0.178. The molecule has 1 aliphatic rings. The van der Waals surface area contributed by atoms with E-state index in [1.807, 2.05) is 23.9 Å². The molecule has 0 saturated carbocycles. The number of benzene rings is 1. The topological polar surface area (TPSA) is 30.5 Å². The minimum atomic E-state index is 0.178. The highest BCUT2D eigenvalue weighted by Gasteiger charge is 2.27. The van der Waals surface area contributed by atoms with E-state index in [1.165, 1.54) is 4.90 Å². The Labute approximate surface area is 120 Å². The van der Waals surface area contributed by atoms with Crippen LogP contribution in [0.4, 0.5) is 0 Å². The molecule has 1 aliphatic heterocycles. The van der Waals surface area contributed by atoms with Crippen molar-refractivity contribution in [1.82, 2.24) is 5.32 Å². The molecule has 0 fully saturated rings. The Kier molecular flexibility index (Phi) is 6.01. The summed E-state index contributed by atoms with van der Waals surface area (Å²) in [5, 5.41) is 3.48. The Morgan fingerprint density at radius 1 is 1.42 bits per heavy atom. The van der Waals surface area contributed by atoms with E-state index >= 15 is 0 Å². The summed E-state index contributed by atoms with van der Waals surface area (Å²) in [6, 6.07) is 8.51. The molecular weight excluding hydrogens is 258 g/mol. The maximum Gasteiger partial charge on any atom is 0.133 e. The number of hydrogen-bond acceptors (Lipinski definition) is 4. The first-order valence-electron chi connectivity index (χ1n) is 7.04. The first-order chi connectivity index (χ1) is 9.35. The van der Waals surface area contributed by atoms with Gasteiger partial charge in [0.05, 0.1) is 12.6 Å². The number of fused-ring (bicyclic) bond motifs is 1. The lowest BCUT2D eigenvalue weighted by Gasteiger charge is -2.32. The van der Waals surface area contributed by atoms with E-state index in [0.717, 1.165) is 37.7 Å². The largest absolute Gasteiger partial charge is 0.487 e. The molecule has 1 aromatic rings. The van der Waals surface area contributed by atoms with E-state index in [4.69, 9.17) is 9.47 Å². The second-order valence-corrected chi connectivity index (χ2v) is 5.71.